The Morgan fingerprint density at radius 3 is 2.71 bits per heavy atom. The van der Waals surface area contributed by atoms with Crippen molar-refractivity contribution in [1.82, 2.24) is 4.90 Å². The largest absolute Gasteiger partial charge is 0.392 e. The van der Waals surface area contributed by atoms with Crippen molar-refractivity contribution in [2.45, 2.75) is 25.0 Å². The molecule has 0 aromatic heterocycles. The molecule has 4 heteroatoms. The van der Waals surface area contributed by atoms with Crippen LogP contribution in [0.25, 0.3) is 0 Å². The van der Waals surface area contributed by atoms with E-state index in [-0.39, 0.29) is 6.10 Å². The zero-order valence-electron chi connectivity index (χ0n) is 9.72. The molecule has 2 N–H and O–H groups in total. The lowest BCUT2D eigenvalue weighted by atomic mass is 10.1. The number of β-amino-alcohol motifs (C(OH)–C–C–N with tert-alkyl or cyclic N) is 2. The Balaban J connectivity index is 1.91. The Labute approximate surface area is 107 Å². The molecule has 0 radical (unpaired) electrons. The van der Waals surface area contributed by atoms with Gasteiger partial charge in [0.05, 0.1) is 12.2 Å². The van der Waals surface area contributed by atoms with Crippen LogP contribution < -0.4 is 0 Å². The quantitative estimate of drug-likeness (QED) is 0.866. The topological polar surface area (TPSA) is 43.7 Å². The predicted molar refractivity (Wildman–Crippen MR) is 68.1 cm³/mol. The van der Waals surface area contributed by atoms with E-state index < -0.39 is 6.10 Å². The minimum absolute atomic E-state index is 0.249. The summed E-state index contributed by atoms with van der Waals surface area (Å²) in [6, 6.07) is 7.25. The summed E-state index contributed by atoms with van der Waals surface area (Å²) in [6.45, 7) is 2.17. The second kappa shape index (κ2) is 5.83. The van der Waals surface area contributed by atoms with Gasteiger partial charge in [0.15, 0.2) is 0 Å². The molecule has 2 atom stereocenters. The molecular weight excluding hydrogens is 238 g/mol. The van der Waals surface area contributed by atoms with Crippen LogP contribution in [0.4, 0.5) is 0 Å². The summed E-state index contributed by atoms with van der Waals surface area (Å²) in [4.78, 5) is 2.10. The molecule has 1 aromatic rings. The van der Waals surface area contributed by atoms with E-state index in [4.69, 9.17) is 11.6 Å². The monoisotopic (exact) mass is 255 g/mol. The Morgan fingerprint density at radius 2 is 2.06 bits per heavy atom. The van der Waals surface area contributed by atoms with E-state index >= 15 is 0 Å². The average molecular weight is 256 g/mol. The summed E-state index contributed by atoms with van der Waals surface area (Å²) in [6.07, 6.45) is 1.10. The summed E-state index contributed by atoms with van der Waals surface area (Å²) in [5, 5.41) is 20.3. The van der Waals surface area contributed by atoms with Crippen LogP contribution in [0.15, 0.2) is 24.3 Å². The lowest BCUT2D eigenvalue weighted by Gasteiger charge is -2.31. The van der Waals surface area contributed by atoms with Crippen molar-refractivity contribution in [3.63, 3.8) is 0 Å². The van der Waals surface area contributed by atoms with E-state index in [1.165, 1.54) is 0 Å². The molecule has 17 heavy (non-hydrogen) atoms. The zero-order chi connectivity index (χ0) is 12.3. The molecule has 2 unspecified atom stereocenters. The van der Waals surface area contributed by atoms with Crippen molar-refractivity contribution >= 4 is 11.6 Å². The highest BCUT2D eigenvalue weighted by molar-refractivity contribution is 6.30. The molecule has 0 aliphatic carbocycles. The zero-order valence-corrected chi connectivity index (χ0v) is 10.5. The highest BCUT2D eigenvalue weighted by atomic mass is 35.5. The van der Waals surface area contributed by atoms with Gasteiger partial charge in [-0.15, -0.1) is 0 Å². The minimum atomic E-state index is -0.516. The van der Waals surface area contributed by atoms with Crippen LogP contribution in [-0.2, 0) is 0 Å². The third-order valence-corrected chi connectivity index (χ3v) is 3.42. The molecule has 1 saturated heterocycles. The second-order valence-corrected chi connectivity index (χ2v) is 5.06. The standard InChI is InChI=1S/C13H18ClNO2/c14-11-5-3-10(4-6-11)13(17)9-15-7-1-2-12(16)8-15/h3-6,12-13,16-17H,1-2,7-9H2. The number of piperidine rings is 1. The van der Waals surface area contributed by atoms with Crippen molar-refractivity contribution in [3.05, 3.63) is 34.9 Å². The summed E-state index contributed by atoms with van der Waals surface area (Å²) in [5.41, 5.74) is 0.870. The molecule has 1 fully saturated rings. The van der Waals surface area contributed by atoms with E-state index in [0.717, 1.165) is 24.9 Å². The van der Waals surface area contributed by atoms with Gasteiger partial charge < -0.3 is 10.2 Å². The highest BCUT2D eigenvalue weighted by Gasteiger charge is 2.20. The van der Waals surface area contributed by atoms with Crippen molar-refractivity contribution in [3.8, 4) is 0 Å². The molecule has 0 spiro atoms. The summed E-state index contributed by atoms with van der Waals surface area (Å²) in [7, 11) is 0. The van der Waals surface area contributed by atoms with Crippen molar-refractivity contribution < 1.29 is 10.2 Å². The van der Waals surface area contributed by atoms with Gasteiger partial charge in [-0.25, -0.2) is 0 Å². The fourth-order valence-corrected chi connectivity index (χ4v) is 2.36. The predicted octanol–water partition coefficient (Wildman–Crippen LogP) is 1.83. The van der Waals surface area contributed by atoms with Crippen LogP contribution in [0.1, 0.15) is 24.5 Å². The van der Waals surface area contributed by atoms with Gasteiger partial charge in [0.1, 0.15) is 0 Å². The van der Waals surface area contributed by atoms with Gasteiger partial charge >= 0.3 is 0 Å². The number of nitrogens with zero attached hydrogens (tertiary/aromatic N) is 1. The molecule has 1 aliphatic heterocycles. The lowest BCUT2D eigenvalue weighted by molar-refractivity contribution is 0.0392. The van der Waals surface area contributed by atoms with Crippen LogP contribution >= 0.6 is 11.6 Å². The van der Waals surface area contributed by atoms with Gasteiger partial charge in [-0.1, -0.05) is 23.7 Å². The normalized spacial score (nSPS) is 23.6. The molecule has 1 aromatic carbocycles. The number of rotatable bonds is 3. The molecule has 94 valence electrons. The third-order valence-electron chi connectivity index (χ3n) is 3.17. The number of hydrogen-bond donors (Lipinski definition) is 2. The molecule has 0 saturated carbocycles. The number of benzene rings is 1. The smallest absolute Gasteiger partial charge is 0.0916 e. The molecule has 3 nitrogen and oxygen atoms in total. The maximum absolute atomic E-state index is 10.1. The maximum atomic E-state index is 10.1. The van der Waals surface area contributed by atoms with E-state index in [1.807, 2.05) is 12.1 Å². The van der Waals surface area contributed by atoms with Crippen LogP contribution in [0.5, 0.6) is 0 Å². The van der Waals surface area contributed by atoms with Gasteiger partial charge in [0, 0.05) is 18.1 Å². The first-order chi connectivity index (χ1) is 8.15. The van der Waals surface area contributed by atoms with Crippen LogP contribution in [0.2, 0.25) is 5.02 Å². The second-order valence-electron chi connectivity index (χ2n) is 4.62. The molecular formula is C13H18ClNO2. The summed E-state index contributed by atoms with van der Waals surface area (Å²) < 4.78 is 0. The van der Waals surface area contributed by atoms with Gasteiger partial charge in [-0.3, -0.25) is 4.90 Å². The lowest BCUT2D eigenvalue weighted by Crippen LogP contribution is -2.40. The SMILES string of the molecule is OC1CCCN(CC(O)c2ccc(Cl)cc2)C1. The molecule has 0 amide bonds. The Bertz CT molecular complexity index is 355. The number of aliphatic hydroxyl groups is 2. The van der Waals surface area contributed by atoms with E-state index in [2.05, 4.69) is 4.90 Å². The first kappa shape index (κ1) is 12.8. The van der Waals surface area contributed by atoms with Crippen LogP contribution in [0, 0.1) is 0 Å². The van der Waals surface area contributed by atoms with Gasteiger partial charge in [0.2, 0.25) is 0 Å². The Hall–Kier alpha value is -0.610. The fraction of sp³-hybridized carbons (Fsp3) is 0.538. The number of hydrogen-bond acceptors (Lipinski definition) is 3. The van der Waals surface area contributed by atoms with Gasteiger partial charge in [0.25, 0.3) is 0 Å². The summed E-state index contributed by atoms with van der Waals surface area (Å²) in [5.74, 6) is 0. The van der Waals surface area contributed by atoms with Crippen LogP contribution in [0.3, 0.4) is 0 Å². The van der Waals surface area contributed by atoms with Crippen molar-refractivity contribution in [1.29, 1.82) is 0 Å². The third kappa shape index (κ3) is 3.68. The average Bonchev–Trinajstić information content (AvgIpc) is 2.29. The van der Waals surface area contributed by atoms with Gasteiger partial charge in [-0.2, -0.15) is 0 Å². The Kier molecular flexibility index (Phi) is 4.40. The van der Waals surface area contributed by atoms with E-state index in [0.29, 0.717) is 18.1 Å². The summed E-state index contributed by atoms with van der Waals surface area (Å²) >= 11 is 5.80. The van der Waals surface area contributed by atoms with Crippen molar-refractivity contribution in [2.24, 2.45) is 0 Å². The van der Waals surface area contributed by atoms with Gasteiger partial charge in [-0.05, 0) is 37.1 Å². The highest BCUT2D eigenvalue weighted by Crippen LogP contribution is 2.19. The molecule has 0 bridgehead atoms. The van der Waals surface area contributed by atoms with E-state index in [9.17, 15) is 10.2 Å². The number of halogens is 1. The minimum Gasteiger partial charge on any atom is -0.392 e. The first-order valence-electron chi connectivity index (χ1n) is 5.99. The van der Waals surface area contributed by atoms with Crippen LogP contribution in [-0.4, -0.2) is 40.9 Å². The van der Waals surface area contributed by atoms with E-state index in [1.54, 1.807) is 12.1 Å². The number of likely N-dealkylation sites (tertiary alicyclic amines) is 1. The molecule has 1 heterocycles. The molecule has 2 rings (SSSR count). The Morgan fingerprint density at radius 1 is 1.35 bits per heavy atom. The maximum Gasteiger partial charge on any atom is 0.0916 e. The van der Waals surface area contributed by atoms with Crippen molar-refractivity contribution in [2.75, 3.05) is 19.6 Å². The number of aliphatic hydroxyl groups excluding tert-OH is 2. The molecule has 1 aliphatic rings. The fourth-order valence-electron chi connectivity index (χ4n) is 2.23. The first-order valence-corrected chi connectivity index (χ1v) is 6.37.